The fourth-order valence-corrected chi connectivity index (χ4v) is 4.42. The second-order valence-electron chi connectivity index (χ2n) is 6.30. The van der Waals surface area contributed by atoms with Crippen molar-refractivity contribution in [1.82, 2.24) is 19.7 Å². The van der Waals surface area contributed by atoms with Crippen molar-refractivity contribution in [2.75, 3.05) is 13.2 Å². The molecule has 0 radical (unpaired) electrons. The van der Waals surface area contributed by atoms with E-state index in [1.165, 1.54) is 4.68 Å². The fraction of sp³-hybridized carbons (Fsp3) is 0.533. The molecular formula is C15H18N4O5S. The van der Waals surface area contributed by atoms with Crippen LogP contribution in [-0.2, 0) is 27.6 Å². The molecule has 0 aromatic carbocycles. The maximum absolute atomic E-state index is 12.5. The van der Waals surface area contributed by atoms with Gasteiger partial charge in [0.1, 0.15) is 11.2 Å². The molecule has 2 unspecified atom stereocenters. The molecule has 4 rings (SSSR count). The van der Waals surface area contributed by atoms with Crippen LogP contribution in [0.2, 0.25) is 0 Å². The Morgan fingerprint density at radius 1 is 1.24 bits per heavy atom. The summed E-state index contributed by atoms with van der Waals surface area (Å²) in [6, 6.07) is 0.534. The van der Waals surface area contributed by atoms with Crippen LogP contribution in [0.25, 0.3) is 0 Å². The third kappa shape index (κ3) is 3.12. The lowest BCUT2D eigenvalue weighted by Gasteiger charge is -2.22. The van der Waals surface area contributed by atoms with Gasteiger partial charge in [0.2, 0.25) is 10.0 Å². The highest BCUT2D eigenvalue weighted by Gasteiger charge is 2.35. The molecule has 2 atom stereocenters. The molecule has 0 amide bonds. The van der Waals surface area contributed by atoms with E-state index in [1.807, 2.05) is 0 Å². The molecule has 1 saturated heterocycles. The average Bonchev–Trinajstić information content (AvgIpc) is 3.26. The van der Waals surface area contributed by atoms with Gasteiger partial charge in [0, 0.05) is 6.07 Å². The van der Waals surface area contributed by atoms with Gasteiger partial charge in [0.05, 0.1) is 37.2 Å². The van der Waals surface area contributed by atoms with Gasteiger partial charge in [-0.15, -0.1) is 0 Å². The van der Waals surface area contributed by atoms with E-state index in [4.69, 9.17) is 4.74 Å². The Hall–Kier alpha value is -2.04. The van der Waals surface area contributed by atoms with Crippen molar-refractivity contribution in [3.05, 3.63) is 40.1 Å². The maximum atomic E-state index is 12.5. The number of sulfonamides is 1. The van der Waals surface area contributed by atoms with Crippen LogP contribution in [0.1, 0.15) is 30.1 Å². The molecule has 1 N–H and O–H groups in total. The molecule has 1 aliphatic carbocycles. The number of aromatic nitrogens is 3. The molecule has 9 nitrogen and oxygen atoms in total. The molecule has 0 spiro atoms. The lowest BCUT2D eigenvalue weighted by atomic mass is 9.97. The second kappa shape index (κ2) is 6.36. The first-order valence-corrected chi connectivity index (χ1v) is 9.64. The highest BCUT2D eigenvalue weighted by atomic mass is 32.2. The first kappa shape index (κ1) is 16.4. The van der Waals surface area contributed by atoms with Crippen LogP contribution in [0.3, 0.4) is 0 Å². The number of hydrogen-bond acceptors (Lipinski definition) is 7. The lowest BCUT2D eigenvalue weighted by Crippen LogP contribution is -2.44. The van der Waals surface area contributed by atoms with Gasteiger partial charge in [-0.05, 0) is 31.2 Å². The normalized spacial score (nSPS) is 23.5. The van der Waals surface area contributed by atoms with Gasteiger partial charge in [0.15, 0.2) is 0 Å². The lowest BCUT2D eigenvalue weighted by molar-refractivity contribution is 0.181. The Kier molecular flexibility index (Phi) is 4.18. The third-order valence-electron chi connectivity index (χ3n) is 4.62. The predicted molar refractivity (Wildman–Crippen MR) is 85.6 cm³/mol. The van der Waals surface area contributed by atoms with E-state index in [1.54, 1.807) is 6.07 Å². The molecule has 2 aliphatic rings. The van der Waals surface area contributed by atoms with Crippen molar-refractivity contribution in [1.29, 1.82) is 0 Å². The molecule has 0 saturated carbocycles. The first-order valence-electron chi connectivity index (χ1n) is 8.16. The van der Waals surface area contributed by atoms with E-state index in [0.717, 1.165) is 49.4 Å². The molecule has 25 heavy (non-hydrogen) atoms. The van der Waals surface area contributed by atoms with Crippen LogP contribution in [0.5, 0.6) is 0 Å². The predicted octanol–water partition coefficient (Wildman–Crippen LogP) is 0.0285. The maximum Gasteiger partial charge on any atom is 0.267 e. The van der Waals surface area contributed by atoms with Gasteiger partial charge >= 0.3 is 0 Å². The van der Waals surface area contributed by atoms with Gasteiger partial charge < -0.3 is 9.26 Å². The Morgan fingerprint density at radius 3 is 2.88 bits per heavy atom. The molecule has 2 aromatic heterocycles. The van der Waals surface area contributed by atoms with Gasteiger partial charge in [-0.1, -0.05) is 5.16 Å². The van der Waals surface area contributed by atoms with E-state index in [-0.39, 0.29) is 23.7 Å². The number of nitrogens with zero attached hydrogens (tertiary/aromatic N) is 3. The van der Waals surface area contributed by atoms with Crippen molar-refractivity contribution in [2.45, 2.75) is 42.7 Å². The SMILES string of the molecule is O=c1cc2c(nn1C1COCC1NS(=O)(=O)c1cnoc1)CCCC2. The first-order chi connectivity index (χ1) is 12.0. The highest BCUT2D eigenvalue weighted by Crippen LogP contribution is 2.22. The Labute approximate surface area is 144 Å². The van der Waals surface area contributed by atoms with E-state index in [2.05, 4.69) is 19.5 Å². The number of hydrogen-bond donors (Lipinski definition) is 1. The molecule has 1 fully saturated rings. The van der Waals surface area contributed by atoms with Crippen molar-refractivity contribution in [2.24, 2.45) is 0 Å². The monoisotopic (exact) mass is 366 g/mol. The number of nitrogens with one attached hydrogen (secondary N) is 1. The van der Waals surface area contributed by atoms with Crippen molar-refractivity contribution in [3.8, 4) is 0 Å². The summed E-state index contributed by atoms with van der Waals surface area (Å²) < 4.78 is 38.7. The van der Waals surface area contributed by atoms with Crippen molar-refractivity contribution in [3.63, 3.8) is 0 Å². The smallest absolute Gasteiger partial charge is 0.267 e. The molecule has 1 aliphatic heterocycles. The summed E-state index contributed by atoms with van der Waals surface area (Å²) in [7, 11) is -3.80. The summed E-state index contributed by atoms with van der Waals surface area (Å²) in [5.74, 6) is 0. The number of rotatable bonds is 4. The van der Waals surface area contributed by atoms with E-state index in [9.17, 15) is 13.2 Å². The topological polar surface area (TPSA) is 116 Å². The molecular weight excluding hydrogens is 348 g/mol. The fourth-order valence-electron chi connectivity index (χ4n) is 3.31. The number of ether oxygens (including phenoxy) is 1. The summed E-state index contributed by atoms with van der Waals surface area (Å²) in [5.41, 5.74) is 1.68. The van der Waals surface area contributed by atoms with Crippen LogP contribution in [-0.4, -0.2) is 42.6 Å². The summed E-state index contributed by atoms with van der Waals surface area (Å²) in [5, 5.41) is 7.91. The van der Waals surface area contributed by atoms with Gasteiger partial charge in [-0.3, -0.25) is 4.79 Å². The molecule has 2 aromatic rings. The molecule has 3 heterocycles. The zero-order chi connectivity index (χ0) is 17.4. The highest BCUT2D eigenvalue weighted by molar-refractivity contribution is 7.89. The van der Waals surface area contributed by atoms with Gasteiger partial charge in [-0.25, -0.2) is 17.8 Å². The molecule has 10 heteroatoms. The minimum absolute atomic E-state index is 0.0658. The van der Waals surface area contributed by atoms with Crippen LogP contribution in [0, 0.1) is 0 Å². The van der Waals surface area contributed by atoms with Crippen molar-refractivity contribution >= 4 is 10.0 Å². The zero-order valence-electron chi connectivity index (χ0n) is 13.4. The summed E-state index contributed by atoms with van der Waals surface area (Å²) >= 11 is 0. The minimum Gasteiger partial charge on any atom is -0.377 e. The van der Waals surface area contributed by atoms with Gasteiger partial charge in [0.25, 0.3) is 5.56 Å². The van der Waals surface area contributed by atoms with E-state index in [0.29, 0.717) is 0 Å². The Balaban J connectivity index is 1.63. The Morgan fingerprint density at radius 2 is 2.08 bits per heavy atom. The number of fused-ring (bicyclic) bond motifs is 1. The van der Waals surface area contributed by atoms with Crippen molar-refractivity contribution < 1.29 is 17.7 Å². The van der Waals surface area contributed by atoms with E-state index < -0.39 is 22.1 Å². The Bertz CT molecular complexity index is 922. The summed E-state index contributed by atoms with van der Waals surface area (Å²) in [6.45, 7) is 0.392. The van der Waals surface area contributed by atoms with Crippen LogP contribution in [0.4, 0.5) is 0 Å². The molecule has 0 bridgehead atoms. The van der Waals surface area contributed by atoms with Crippen LogP contribution in [0.15, 0.2) is 32.7 Å². The quantitative estimate of drug-likeness (QED) is 0.811. The second-order valence-corrected chi connectivity index (χ2v) is 8.01. The standard InChI is InChI=1S/C15H18N4O5S/c20-15-5-10-3-1-2-4-12(10)17-19(15)14-9-23-8-13(14)18-25(21,22)11-6-16-24-7-11/h5-7,13-14,18H,1-4,8-9H2. The summed E-state index contributed by atoms with van der Waals surface area (Å²) in [6.07, 6.45) is 5.98. The van der Waals surface area contributed by atoms with Crippen LogP contribution >= 0.6 is 0 Å². The van der Waals surface area contributed by atoms with E-state index >= 15 is 0 Å². The van der Waals surface area contributed by atoms with Crippen LogP contribution < -0.4 is 10.3 Å². The summed E-state index contributed by atoms with van der Waals surface area (Å²) in [4.78, 5) is 12.4. The zero-order valence-corrected chi connectivity index (χ0v) is 14.2. The molecule has 134 valence electrons. The number of aryl methyl sites for hydroxylation is 2. The minimum atomic E-state index is -3.80. The largest absolute Gasteiger partial charge is 0.377 e. The van der Waals surface area contributed by atoms with Gasteiger partial charge in [-0.2, -0.15) is 5.10 Å². The third-order valence-corrected chi connectivity index (χ3v) is 6.06. The average molecular weight is 366 g/mol.